The fourth-order valence-corrected chi connectivity index (χ4v) is 6.44. The van der Waals surface area contributed by atoms with Crippen LogP contribution < -0.4 is 10.7 Å². The molecular formula is C31H30BrN3O3S. The second kappa shape index (κ2) is 12.2. The molecule has 200 valence electrons. The number of amides is 1. The number of rotatable bonds is 8. The quantitative estimate of drug-likeness (QED) is 0.128. The van der Waals surface area contributed by atoms with E-state index in [4.69, 9.17) is 4.74 Å². The predicted octanol–water partition coefficient (Wildman–Crippen LogP) is 6.84. The van der Waals surface area contributed by atoms with Gasteiger partial charge < -0.3 is 10.1 Å². The smallest absolute Gasteiger partial charge is 0.337 e. The zero-order chi connectivity index (χ0) is 27.4. The zero-order valence-corrected chi connectivity index (χ0v) is 24.2. The molecular weight excluding hydrogens is 574 g/mol. The highest BCUT2D eigenvalue weighted by molar-refractivity contribution is 9.10. The fraction of sp³-hybridized carbons (Fsp3) is 0.258. The monoisotopic (exact) mass is 603 g/mol. The molecule has 1 aliphatic heterocycles. The van der Waals surface area contributed by atoms with E-state index in [1.54, 1.807) is 11.8 Å². The molecule has 0 aromatic heterocycles. The Hall–Kier alpha value is -3.36. The summed E-state index contributed by atoms with van der Waals surface area (Å²) in [5.74, 6) is 1.31. The molecule has 0 fully saturated rings. The highest BCUT2D eigenvalue weighted by Crippen LogP contribution is 2.50. The van der Waals surface area contributed by atoms with Crippen LogP contribution in [0.5, 0.6) is 0 Å². The standard InChI is InChI=1S/C31H30BrN3O3S/c1-19(34-35-29(36)18-39-17-20-5-3-6-24(32)15-20)23-13-14-28-27(16-23)25-7-4-8-26(25)30(33-28)21-9-11-22(12-10-21)31(37)38-2/h3-7,9-16,25-26,30,33H,8,17-18H2,1-2H3,(H,35,36)/b34-19-/t25-,26+,30+/m1/s1. The van der Waals surface area contributed by atoms with Crippen LogP contribution in [0.4, 0.5) is 5.69 Å². The lowest BCUT2D eigenvalue weighted by Gasteiger charge is -2.37. The molecule has 0 radical (unpaired) electrons. The largest absolute Gasteiger partial charge is 0.465 e. The molecule has 2 N–H and O–H groups in total. The number of anilines is 1. The molecule has 0 unspecified atom stereocenters. The first kappa shape index (κ1) is 27.2. The van der Waals surface area contributed by atoms with E-state index in [1.807, 2.05) is 49.4 Å². The lowest BCUT2D eigenvalue weighted by Crippen LogP contribution is -2.29. The number of carbonyl (C=O) groups excluding carboxylic acids is 2. The number of hydrogen-bond acceptors (Lipinski definition) is 6. The predicted molar refractivity (Wildman–Crippen MR) is 161 cm³/mol. The number of nitrogens with zero attached hydrogens (tertiary/aromatic N) is 1. The molecule has 1 amide bonds. The maximum Gasteiger partial charge on any atom is 0.337 e. The molecule has 0 spiro atoms. The van der Waals surface area contributed by atoms with E-state index in [-0.39, 0.29) is 23.8 Å². The average molecular weight is 605 g/mol. The summed E-state index contributed by atoms with van der Waals surface area (Å²) >= 11 is 5.04. The van der Waals surface area contributed by atoms with Crippen LogP contribution in [0.15, 0.2) is 88.5 Å². The summed E-state index contributed by atoms with van der Waals surface area (Å²) in [6, 6.07) is 22.2. The Bertz CT molecular complexity index is 1440. The Labute approximate surface area is 241 Å². The van der Waals surface area contributed by atoms with Crippen molar-refractivity contribution in [3.8, 4) is 0 Å². The summed E-state index contributed by atoms with van der Waals surface area (Å²) in [4.78, 5) is 24.2. The molecule has 3 atom stereocenters. The third-order valence-corrected chi connectivity index (χ3v) is 8.71. The van der Waals surface area contributed by atoms with Crippen LogP contribution >= 0.6 is 27.7 Å². The van der Waals surface area contributed by atoms with E-state index < -0.39 is 0 Å². The van der Waals surface area contributed by atoms with Gasteiger partial charge in [-0.3, -0.25) is 4.79 Å². The van der Waals surface area contributed by atoms with Crippen LogP contribution in [0.1, 0.15) is 57.9 Å². The Morgan fingerprint density at radius 1 is 1.10 bits per heavy atom. The van der Waals surface area contributed by atoms with Crippen LogP contribution in [0.3, 0.4) is 0 Å². The van der Waals surface area contributed by atoms with Gasteiger partial charge in [0.15, 0.2) is 0 Å². The molecule has 0 saturated heterocycles. The van der Waals surface area contributed by atoms with Crippen molar-refractivity contribution in [2.45, 2.75) is 31.1 Å². The van der Waals surface area contributed by atoms with Crippen LogP contribution in [-0.2, 0) is 15.3 Å². The fourth-order valence-electron chi connectivity index (χ4n) is 5.23. The zero-order valence-electron chi connectivity index (χ0n) is 21.8. The Morgan fingerprint density at radius 2 is 1.90 bits per heavy atom. The van der Waals surface area contributed by atoms with Crippen molar-refractivity contribution in [1.82, 2.24) is 5.43 Å². The second-order valence-corrected chi connectivity index (χ2v) is 11.6. The van der Waals surface area contributed by atoms with E-state index in [0.717, 1.165) is 39.2 Å². The number of nitrogens with one attached hydrogen (secondary N) is 2. The topological polar surface area (TPSA) is 79.8 Å². The molecule has 3 aromatic rings. The maximum absolute atomic E-state index is 12.4. The van der Waals surface area contributed by atoms with Gasteiger partial charge in [0.25, 0.3) is 0 Å². The molecule has 0 saturated carbocycles. The molecule has 2 aliphatic rings. The van der Waals surface area contributed by atoms with Crippen molar-refractivity contribution in [1.29, 1.82) is 0 Å². The third kappa shape index (κ3) is 6.28. The first-order valence-corrected chi connectivity index (χ1v) is 14.8. The molecule has 8 heteroatoms. The van der Waals surface area contributed by atoms with Gasteiger partial charge >= 0.3 is 5.97 Å². The van der Waals surface area contributed by atoms with Crippen LogP contribution in [0.2, 0.25) is 0 Å². The highest BCUT2D eigenvalue weighted by atomic mass is 79.9. The van der Waals surface area contributed by atoms with Gasteiger partial charge in [-0.25, -0.2) is 10.2 Å². The molecule has 5 rings (SSSR count). The summed E-state index contributed by atoms with van der Waals surface area (Å²) in [5.41, 5.74) is 9.65. The summed E-state index contributed by atoms with van der Waals surface area (Å²) in [7, 11) is 1.39. The number of fused-ring (bicyclic) bond motifs is 3. The van der Waals surface area contributed by atoms with Crippen LogP contribution in [0, 0.1) is 5.92 Å². The lowest BCUT2D eigenvalue weighted by atomic mass is 9.76. The normalized spacial score (nSPS) is 19.6. The Morgan fingerprint density at radius 3 is 2.67 bits per heavy atom. The van der Waals surface area contributed by atoms with Gasteiger partial charge in [-0.1, -0.05) is 58.4 Å². The highest BCUT2D eigenvalue weighted by Gasteiger charge is 2.38. The van der Waals surface area contributed by atoms with E-state index in [9.17, 15) is 9.59 Å². The number of methoxy groups -OCH3 is 1. The summed E-state index contributed by atoms with van der Waals surface area (Å²) in [6.07, 6.45) is 5.52. The van der Waals surface area contributed by atoms with Gasteiger partial charge in [0.1, 0.15) is 0 Å². The minimum absolute atomic E-state index is 0.117. The van der Waals surface area contributed by atoms with Gasteiger partial charge in [-0.2, -0.15) is 5.10 Å². The van der Waals surface area contributed by atoms with Crippen molar-refractivity contribution in [2.24, 2.45) is 11.0 Å². The van der Waals surface area contributed by atoms with E-state index in [2.05, 4.69) is 68.2 Å². The molecule has 6 nitrogen and oxygen atoms in total. The summed E-state index contributed by atoms with van der Waals surface area (Å²) in [5, 5.41) is 8.11. The number of thioether (sulfide) groups is 1. The summed E-state index contributed by atoms with van der Waals surface area (Å²) < 4.78 is 5.87. The molecule has 0 bridgehead atoms. The van der Waals surface area contributed by atoms with Crippen molar-refractivity contribution >= 4 is 51.0 Å². The van der Waals surface area contributed by atoms with Gasteiger partial charge in [0.2, 0.25) is 5.91 Å². The van der Waals surface area contributed by atoms with Gasteiger partial charge in [-0.15, -0.1) is 11.8 Å². The molecule has 1 heterocycles. The number of ether oxygens (including phenoxy) is 1. The van der Waals surface area contributed by atoms with Crippen LogP contribution in [0.25, 0.3) is 0 Å². The van der Waals surface area contributed by atoms with Crippen molar-refractivity contribution in [3.05, 3.63) is 111 Å². The SMILES string of the molecule is COC(=O)c1ccc([C@@H]2Nc3ccc(/C(C)=N\NC(=O)CSCc4cccc(Br)c4)cc3[C@@H]3C=CC[C@@H]32)cc1. The summed E-state index contributed by atoms with van der Waals surface area (Å²) in [6.45, 7) is 1.92. The maximum atomic E-state index is 12.4. The number of benzene rings is 3. The minimum Gasteiger partial charge on any atom is -0.465 e. The number of halogens is 1. The molecule has 39 heavy (non-hydrogen) atoms. The number of hydrogen-bond donors (Lipinski definition) is 2. The van der Waals surface area contributed by atoms with Crippen molar-refractivity contribution in [3.63, 3.8) is 0 Å². The first-order valence-electron chi connectivity index (χ1n) is 12.8. The molecule has 3 aromatic carbocycles. The minimum atomic E-state index is -0.330. The van der Waals surface area contributed by atoms with E-state index >= 15 is 0 Å². The lowest BCUT2D eigenvalue weighted by molar-refractivity contribution is -0.118. The van der Waals surface area contributed by atoms with Crippen molar-refractivity contribution in [2.75, 3.05) is 18.2 Å². The average Bonchev–Trinajstić information content (AvgIpc) is 3.45. The number of hydrazone groups is 1. The van der Waals surface area contributed by atoms with E-state index in [0.29, 0.717) is 17.2 Å². The van der Waals surface area contributed by atoms with Gasteiger partial charge in [0.05, 0.1) is 30.2 Å². The van der Waals surface area contributed by atoms with Gasteiger partial charge in [0, 0.05) is 21.8 Å². The van der Waals surface area contributed by atoms with E-state index in [1.165, 1.54) is 18.2 Å². The number of carbonyl (C=O) groups is 2. The van der Waals surface area contributed by atoms with Gasteiger partial charge in [-0.05, 0) is 77.9 Å². The van der Waals surface area contributed by atoms with Crippen LogP contribution in [-0.4, -0.2) is 30.5 Å². The number of esters is 1. The Balaban J connectivity index is 1.24. The van der Waals surface area contributed by atoms with Crippen molar-refractivity contribution < 1.29 is 14.3 Å². The Kier molecular flexibility index (Phi) is 8.53. The molecule has 1 aliphatic carbocycles. The number of allylic oxidation sites excluding steroid dienone is 2. The third-order valence-electron chi connectivity index (χ3n) is 7.21. The second-order valence-electron chi connectivity index (χ2n) is 9.75. The first-order chi connectivity index (χ1) is 18.9.